The van der Waals surface area contributed by atoms with Crippen molar-refractivity contribution in [1.82, 2.24) is 0 Å². The molecule has 0 radical (unpaired) electrons. The quantitative estimate of drug-likeness (QED) is 0.377. The minimum atomic E-state index is -0.226. The van der Waals surface area contributed by atoms with Crippen LogP contribution in [0.25, 0.3) is 0 Å². The molecule has 1 aliphatic heterocycles. The summed E-state index contributed by atoms with van der Waals surface area (Å²) in [4.78, 5) is 0. The maximum Gasteiger partial charge on any atom is 0.183 e. The van der Waals surface area contributed by atoms with Crippen molar-refractivity contribution in [1.29, 1.82) is 0 Å². The maximum atomic E-state index is 11.7. The van der Waals surface area contributed by atoms with Crippen molar-refractivity contribution in [2.45, 2.75) is 26.3 Å². The Bertz CT molecular complexity index is 122. The smallest absolute Gasteiger partial charge is 0.183 e. The number of nitrogens with zero attached hydrogens (tertiary/aromatic N) is 1. The molecule has 3 heteroatoms. The van der Waals surface area contributed by atoms with Gasteiger partial charge in [-0.3, -0.25) is 0 Å². The highest BCUT2D eigenvalue weighted by atomic mass is 16.6. The minimum absolute atomic E-state index is 0.201. The van der Waals surface area contributed by atoms with Crippen molar-refractivity contribution in [2.75, 3.05) is 19.9 Å². The summed E-state index contributed by atoms with van der Waals surface area (Å²) in [6.45, 7) is 7.39. The van der Waals surface area contributed by atoms with Gasteiger partial charge in [-0.05, 0) is 20.8 Å². The molecule has 0 spiro atoms. The lowest BCUT2D eigenvalue weighted by atomic mass is 10.1. The van der Waals surface area contributed by atoms with Crippen LogP contribution in [0.2, 0.25) is 0 Å². The van der Waals surface area contributed by atoms with E-state index in [-0.39, 0.29) is 10.2 Å². The highest BCUT2D eigenvalue weighted by molar-refractivity contribution is 4.65. The number of ether oxygens (including phenoxy) is 1. The summed E-state index contributed by atoms with van der Waals surface area (Å²) in [6, 6.07) is 0. The average Bonchev–Trinajstić information content (AvgIpc) is 2.13. The summed E-state index contributed by atoms with van der Waals surface area (Å²) in [7, 11) is 0. The van der Waals surface area contributed by atoms with E-state index in [2.05, 4.69) is 0 Å². The molecule has 0 aromatic heterocycles. The van der Waals surface area contributed by atoms with Gasteiger partial charge in [-0.25, -0.2) is 0 Å². The second-order valence-corrected chi connectivity index (χ2v) is 3.82. The van der Waals surface area contributed by atoms with E-state index in [0.29, 0.717) is 19.9 Å². The van der Waals surface area contributed by atoms with Crippen LogP contribution in [0.3, 0.4) is 0 Å². The topological polar surface area (TPSA) is 32.3 Å². The van der Waals surface area contributed by atoms with E-state index in [4.69, 9.17) is 4.74 Å². The van der Waals surface area contributed by atoms with Crippen molar-refractivity contribution in [3.63, 3.8) is 0 Å². The highest BCUT2D eigenvalue weighted by Gasteiger charge is 2.35. The fourth-order valence-electron chi connectivity index (χ4n) is 1.02. The van der Waals surface area contributed by atoms with Gasteiger partial charge in [0.25, 0.3) is 0 Å². The molecular formula is C7H15NO2. The lowest BCUT2D eigenvalue weighted by Gasteiger charge is -2.47. The molecule has 60 valence electrons. The van der Waals surface area contributed by atoms with Crippen molar-refractivity contribution in [3.05, 3.63) is 5.21 Å². The van der Waals surface area contributed by atoms with Crippen molar-refractivity contribution in [3.8, 4) is 0 Å². The molecule has 1 unspecified atom stereocenters. The van der Waals surface area contributed by atoms with Gasteiger partial charge in [-0.2, -0.15) is 0 Å². The van der Waals surface area contributed by atoms with Crippen molar-refractivity contribution < 1.29 is 9.38 Å². The Balaban J connectivity index is 2.67. The Morgan fingerprint density at radius 2 is 2.00 bits per heavy atom. The molecule has 1 heterocycles. The molecule has 0 aromatic carbocycles. The van der Waals surface area contributed by atoms with Crippen LogP contribution in [0.4, 0.5) is 0 Å². The van der Waals surface area contributed by atoms with E-state index < -0.39 is 0 Å². The van der Waals surface area contributed by atoms with Gasteiger partial charge in [-0.1, -0.05) is 0 Å². The summed E-state index contributed by atoms with van der Waals surface area (Å²) >= 11 is 0. The molecule has 1 saturated heterocycles. The molecule has 0 amide bonds. The predicted molar refractivity (Wildman–Crippen MR) is 39.1 cm³/mol. The van der Waals surface area contributed by atoms with Gasteiger partial charge >= 0.3 is 0 Å². The standard InChI is InChI=1S/C7H15NO2/c1-7(2,3)8(9)4-5-10-6-8/h4-6H2,1-3H3. The van der Waals surface area contributed by atoms with E-state index in [1.807, 2.05) is 20.8 Å². The third-order valence-corrected chi connectivity index (χ3v) is 2.12. The first kappa shape index (κ1) is 7.98. The van der Waals surface area contributed by atoms with Crippen LogP contribution in [-0.2, 0) is 4.74 Å². The van der Waals surface area contributed by atoms with Gasteiger partial charge in [0, 0.05) is 0 Å². The van der Waals surface area contributed by atoms with Gasteiger partial charge in [0.05, 0.1) is 5.54 Å². The number of hydroxylamine groups is 3. The van der Waals surface area contributed by atoms with E-state index in [0.717, 1.165) is 0 Å². The molecule has 1 rings (SSSR count). The first-order valence-corrected chi connectivity index (χ1v) is 3.62. The highest BCUT2D eigenvalue weighted by Crippen LogP contribution is 2.25. The zero-order chi connectivity index (χ0) is 7.83. The molecule has 0 aromatic rings. The molecule has 1 aliphatic rings. The predicted octanol–water partition coefficient (Wildman–Crippen LogP) is 1.09. The largest absolute Gasteiger partial charge is 0.631 e. The maximum absolute atomic E-state index is 11.7. The minimum Gasteiger partial charge on any atom is -0.631 e. The van der Waals surface area contributed by atoms with Gasteiger partial charge in [-0.15, -0.1) is 0 Å². The Kier molecular flexibility index (Phi) is 1.75. The van der Waals surface area contributed by atoms with Crippen molar-refractivity contribution in [2.24, 2.45) is 0 Å². The third kappa shape index (κ3) is 1.17. The summed E-state index contributed by atoms with van der Waals surface area (Å²) in [5, 5.41) is 11.7. The average molecular weight is 145 g/mol. The Morgan fingerprint density at radius 3 is 2.20 bits per heavy atom. The number of rotatable bonds is 0. The fraction of sp³-hybridized carbons (Fsp3) is 1.00. The summed E-state index contributed by atoms with van der Waals surface area (Å²) in [5.41, 5.74) is -0.226. The molecule has 1 fully saturated rings. The number of hydrogen-bond acceptors (Lipinski definition) is 2. The molecule has 0 bridgehead atoms. The fourth-order valence-corrected chi connectivity index (χ4v) is 1.02. The molecule has 10 heavy (non-hydrogen) atoms. The van der Waals surface area contributed by atoms with Crippen molar-refractivity contribution >= 4 is 0 Å². The van der Waals surface area contributed by atoms with E-state index >= 15 is 0 Å². The first-order chi connectivity index (χ1) is 4.46. The monoisotopic (exact) mass is 145 g/mol. The first-order valence-electron chi connectivity index (χ1n) is 3.62. The number of hydrogen-bond donors (Lipinski definition) is 0. The van der Waals surface area contributed by atoms with Crippen LogP contribution in [0.5, 0.6) is 0 Å². The zero-order valence-corrected chi connectivity index (χ0v) is 6.89. The second-order valence-electron chi connectivity index (χ2n) is 3.82. The lowest BCUT2D eigenvalue weighted by Crippen LogP contribution is -2.53. The van der Waals surface area contributed by atoms with E-state index in [9.17, 15) is 5.21 Å². The van der Waals surface area contributed by atoms with Gasteiger partial charge in [0.1, 0.15) is 13.2 Å². The Hall–Kier alpha value is -0.120. The van der Waals surface area contributed by atoms with Gasteiger partial charge in [0.15, 0.2) is 6.73 Å². The third-order valence-electron chi connectivity index (χ3n) is 2.12. The lowest BCUT2D eigenvalue weighted by molar-refractivity contribution is -0.923. The molecule has 1 atom stereocenters. The van der Waals surface area contributed by atoms with E-state index in [1.165, 1.54) is 0 Å². The molecular weight excluding hydrogens is 130 g/mol. The molecule has 0 N–H and O–H groups in total. The van der Waals surface area contributed by atoms with Crippen LogP contribution in [-0.4, -0.2) is 30.1 Å². The van der Waals surface area contributed by atoms with Crippen LogP contribution in [0.15, 0.2) is 0 Å². The normalized spacial score (nSPS) is 34.8. The Morgan fingerprint density at radius 1 is 1.40 bits per heavy atom. The molecule has 3 nitrogen and oxygen atoms in total. The van der Waals surface area contributed by atoms with Crippen LogP contribution in [0, 0.1) is 5.21 Å². The summed E-state index contributed by atoms with van der Waals surface area (Å²) in [6.07, 6.45) is 0. The van der Waals surface area contributed by atoms with Gasteiger partial charge < -0.3 is 14.6 Å². The number of quaternary nitrogens is 1. The Labute approximate surface area is 61.8 Å². The van der Waals surface area contributed by atoms with Crippen LogP contribution in [0.1, 0.15) is 20.8 Å². The molecule has 0 saturated carbocycles. The zero-order valence-electron chi connectivity index (χ0n) is 6.89. The van der Waals surface area contributed by atoms with Crippen LogP contribution < -0.4 is 0 Å². The summed E-state index contributed by atoms with van der Waals surface area (Å²) < 4.78 is 4.84. The van der Waals surface area contributed by atoms with Crippen LogP contribution >= 0.6 is 0 Å². The molecule has 0 aliphatic carbocycles. The summed E-state index contributed by atoms with van der Waals surface area (Å²) in [5.74, 6) is 0. The van der Waals surface area contributed by atoms with Gasteiger partial charge in [0.2, 0.25) is 0 Å². The second kappa shape index (κ2) is 2.19. The van der Waals surface area contributed by atoms with E-state index in [1.54, 1.807) is 0 Å². The SMILES string of the molecule is CC(C)(C)[N+]1([O-])CCOC1.